The Kier molecular flexibility index (Phi) is 6.35. The van der Waals surface area contributed by atoms with Crippen LogP contribution in [0.25, 0.3) is 0 Å². The van der Waals surface area contributed by atoms with Crippen LogP contribution in [0.4, 0.5) is 15.3 Å². The fraction of sp³-hybridized carbons (Fsp3) is 0.722. The van der Waals surface area contributed by atoms with Gasteiger partial charge in [0.2, 0.25) is 0 Å². The van der Waals surface area contributed by atoms with Gasteiger partial charge in [0.1, 0.15) is 0 Å². The molecule has 1 aliphatic carbocycles. The van der Waals surface area contributed by atoms with E-state index in [1.54, 1.807) is 15.8 Å². The van der Waals surface area contributed by atoms with Crippen molar-refractivity contribution < 1.29 is 9.59 Å². The molecule has 0 radical (unpaired) electrons. The molecule has 1 saturated heterocycles. The van der Waals surface area contributed by atoms with Crippen molar-refractivity contribution in [3.8, 4) is 0 Å². The molecule has 0 atom stereocenters. The summed E-state index contributed by atoms with van der Waals surface area (Å²) in [5.41, 5.74) is 0.712. The average Bonchev–Trinajstić information content (AvgIpc) is 3.10. The number of hydrogen-bond acceptors (Lipinski definition) is 3. The standard InChI is InChI=1S/C18H30N6O2/c1-2-24-13-16(12-19-24)22-18(26)23-10-8-15(9-11-23)21-17(25)20-14-6-4-3-5-7-14/h12-15H,2-11H2,1H3,(H,22,26)(H2,20,21,25). The predicted molar refractivity (Wildman–Crippen MR) is 100 cm³/mol. The quantitative estimate of drug-likeness (QED) is 0.769. The normalized spacial score (nSPS) is 19.2. The fourth-order valence-corrected chi connectivity index (χ4v) is 3.69. The fourth-order valence-electron chi connectivity index (χ4n) is 3.69. The minimum Gasteiger partial charge on any atom is -0.335 e. The van der Waals surface area contributed by atoms with Crippen LogP contribution in [0.5, 0.6) is 0 Å². The van der Waals surface area contributed by atoms with E-state index in [1.165, 1.54) is 19.3 Å². The maximum atomic E-state index is 12.3. The van der Waals surface area contributed by atoms with E-state index in [9.17, 15) is 9.59 Å². The van der Waals surface area contributed by atoms with Gasteiger partial charge in [-0.1, -0.05) is 19.3 Å². The Bertz CT molecular complexity index is 603. The van der Waals surface area contributed by atoms with Crippen molar-refractivity contribution in [2.45, 2.75) is 70.5 Å². The summed E-state index contributed by atoms with van der Waals surface area (Å²) >= 11 is 0. The number of carbonyl (C=O) groups is 2. The molecule has 26 heavy (non-hydrogen) atoms. The Labute approximate surface area is 154 Å². The zero-order chi connectivity index (χ0) is 18.4. The highest BCUT2D eigenvalue weighted by Crippen LogP contribution is 2.17. The molecule has 8 nitrogen and oxygen atoms in total. The first-order chi connectivity index (χ1) is 12.6. The van der Waals surface area contributed by atoms with E-state index in [2.05, 4.69) is 21.0 Å². The lowest BCUT2D eigenvalue weighted by atomic mass is 9.96. The molecule has 4 amide bonds. The summed E-state index contributed by atoms with van der Waals surface area (Å²) in [6, 6.07) is 0.279. The van der Waals surface area contributed by atoms with E-state index >= 15 is 0 Å². The van der Waals surface area contributed by atoms with Gasteiger partial charge in [-0.2, -0.15) is 5.10 Å². The predicted octanol–water partition coefficient (Wildman–Crippen LogP) is 2.53. The minimum atomic E-state index is -0.106. The average molecular weight is 362 g/mol. The van der Waals surface area contributed by atoms with Crippen LogP contribution in [0.15, 0.2) is 12.4 Å². The molecule has 1 saturated carbocycles. The molecular formula is C18H30N6O2. The largest absolute Gasteiger partial charge is 0.335 e. The van der Waals surface area contributed by atoms with E-state index in [0.29, 0.717) is 24.8 Å². The first kappa shape index (κ1) is 18.5. The molecule has 2 heterocycles. The Hall–Kier alpha value is -2.25. The van der Waals surface area contributed by atoms with E-state index < -0.39 is 0 Å². The van der Waals surface area contributed by atoms with Crippen LogP contribution < -0.4 is 16.0 Å². The van der Waals surface area contributed by atoms with Gasteiger partial charge in [0.05, 0.1) is 11.9 Å². The highest BCUT2D eigenvalue weighted by molar-refractivity contribution is 5.89. The molecule has 0 bridgehead atoms. The van der Waals surface area contributed by atoms with E-state index in [0.717, 1.165) is 32.2 Å². The van der Waals surface area contributed by atoms with Gasteiger partial charge in [-0.15, -0.1) is 0 Å². The second-order valence-electron chi connectivity index (χ2n) is 7.23. The molecule has 3 N–H and O–H groups in total. The molecule has 1 aromatic heterocycles. The van der Waals surface area contributed by atoms with Crippen molar-refractivity contribution in [2.75, 3.05) is 18.4 Å². The van der Waals surface area contributed by atoms with E-state index in [1.807, 2.05) is 13.1 Å². The molecule has 0 aromatic carbocycles. The second kappa shape index (κ2) is 8.91. The van der Waals surface area contributed by atoms with Gasteiger partial charge in [0.15, 0.2) is 0 Å². The summed E-state index contributed by atoms with van der Waals surface area (Å²) in [4.78, 5) is 26.3. The van der Waals surface area contributed by atoms with Crippen LogP contribution in [0, 0.1) is 0 Å². The second-order valence-corrected chi connectivity index (χ2v) is 7.23. The number of hydrogen-bond donors (Lipinski definition) is 3. The van der Waals surface area contributed by atoms with Crippen molar-refractivity contribution in [1.29, 1.82) is 0 Å². The lowest BCUT2D eigenvalue weighted by Gasteiger charge is -2.33. The van der Waals surface area contributed by atoms with Crippen LogP contribution in [-0.4, -0.2) is 51.9 Å². The van der Waals surface area contributed by atoms with Crippen molar-refractivity contribution >= 4 is 17.7 Å². The van der Waals surface area contributed by atoms with Crippen molar-refractivity contribution in [3.63, 3.8) is 0 Å². The summed E-state index contributed by atoms with van der Waals surface area (Å²) in [6.07, 6.45) is 10.9. The Morgan fingerprint density at radius 3 is 2.35 bits per heavy atom. The Morgan fingerprint density at radius 1 is 1.08 bits per heavy atom. The van der Waals surface area contributed by atoms with Crippen LogP contribution in [-0.2, 0) is 6.54 Å². The van der Waals surface area contributed by atoms with Gasteiger partial charge in [-0.3, -0.25) is 4.68 Å². The van der Waals surface area contributed by atoms with Gasteiger partial charge in [0.25, 0.3) is 0 Å². The lowest BCUT2D eigenvalue weighted by molar-refractivity contribution is 0.186. The van der Waals surface area contributed by atoms with Crippen LogP contribution in [0.2, 0.25) is 0 Å². The number of nitrogens with one attached hydrogen (secondary N) is 3. The molecular weight excluding hydrogens is 332 g/mol. The highest BCUT2D eigenvalue weighted by atomic mass is 16.2. The summed E-state index contributed by atoms with van der Waals surface area (Å²) < 4.78 is 1.77. The van der Waals surface area contributed by atoms with Crippen LogP contribution in [0.1, 0.15) is 51.9 Å². The van der Waals surface area contributed by atoms with Gasteiger partial charge < -0.3 is 20.9 Å². The first-order valence-electron chi connectivity index (χ1n) is 9.79. The molecule has 3 rings (SSSR count). The van der Waals surface area contributed by atoms with E-state index in [-0.39, 0.29) is 18.1 Å². The zero-order valence-electron chi connectivity index (χ0n) is 15.5. The molecule has 1 aromatic rings. The highest BCUT2D eigenvalue weighted by Gasteiger charge is 2.25. The van der Waals surface area contributed by atoms with Gasteiger partial charge in [-0.25, -0.2) is 9.59 Å². The number of amides is 4. The zero-order valence-corrected chi connectivity index (χ0v) is 15.5. The molecule has 2 aliphatic rings. The van der Waals surface area contributed by atoms with Crippen LogP contribution >= 0.6 is 0 Å². The molecule has 0 unspecified atom stereocenters. The number of carbonyl (C=O) groups excluding carboxylic acids is 2. The lowest BCUT2D eigenvalue weighted by Crippen LogP contribution is -2.51. The maximum Gasteiger partial charge on any atom is 0.321 e. The summed E-state index contributed by atoms with van der Waals surface area (Å²) in [5.74, 6) is 0. The number of aryl methyl sites for hydroxylation is 1. The molecule has 8 heteroatoms. The molecule has 1 aliphatic heterocycles. The third-order valence-electron chi connectivity index (χ3n) is 5.27. The van der Waals surface area contributed by atoms with Gasteiger partial charge in [-0.05, 0) is 32.6 Å². The number of nitrogens with zero attached hydrogens (tertiary/aromatic N) is 3. The SMILES string of the molecule is CCn1cc(NC(=O)N2CCC(NC(=O)NC3CCCCC3)CC2)cn1. The van der Waals surface area contributed by atoms with Crippen molar-refractivity contribution in [1.82, 2.24) is 25.3 Å². The number of anilines is 1. The smallest absolute Gasteiger partial charge is 0.321 e. The van der Waals surface area contributed by atoms with Crippen molar-refractivity contribution in [2.24, 2.45) is 0 Å². The number of rotatable bonds is 4. The maximum absolute atomic E-state index is 12.3. The summed E-state index contributed by atoms with van der Waals surface area (Å²) in [5, 5.41) is 13.2. The first-order valence-corrected chi connectivity index (χ1v) is 9.79. The Morgan fingerprint density at radius 2 is 1.73 bits per heavy atom. The number of urea groups is 2. The third kappa shape index (κ3) is 5.12. The molecule has 0 spiro atoms. The van der Waals surface area contributed by atoms with Crippen LogP contribution in [0.3, 0.4) is 0 Å². The van der Waals surface area contributed by atoms with Gasteiger partial charge >= 0.3 is 12.1 Å². The monoisotopic (exact) mass is 362 g/mol. The van der Waals surface area contributed by atoms with Crippen molar-refractivity contribution in [3.05, 3.63) is 12.4 Å². The summed E-state index contributed by atoms with van der Waals surface area (Å²) in [7, 11) is 0. The number of likely N-dealkylation sites (tertiary alicyclic amines) is 1. The third-order valence-corrected chi connectivity index (χ3v) is 5.27. The van der Waals surface area contributed by atoms with E-state index in [4.69, 9.17) is 0 Å². The van der Waals surface area contributed by atoms with Gasteiger partial charge in [0, 0.05) is 37.9 Å². The topological polar surface area (TPSA) is 91.3 Å². The minimum absolute atomic E-state index is 0.0632. The number of piperidine rings is 1. The summed E-state index contributed by atoms with van der Waals surface area (Å²) in [6.45, 7) is 4.06. The number of aromatic nitrogens is 2. The Balaban J connectivity index is 1.37. The molecule has 144 valence electrons. The molecule has 2 fully saturated rings.